The van der Waals surface area contributed by atoms with E-state index in [-0.39, 0.29) is 6.61 Å². The topological polar surface area (TPSA) is 41.3 Å². The lowest BCUT2D eigenvalue weighted by Crippen LogP contribution is -2.23. The molecule has 1 saturated heterocycles. The average molecular weight is 245 g/mol. The Bertz CT molecular complexity index is 529. The van der Waals surface area contributed by atoms with Gasteiger partial charge in [-0.1, -0.05) is 0 Å². The third-order valence-electron chi connectivity index (χ3n) is 3.74. The number of aliphatic hydroxyl groups is 1. The van der Waals surface area contributed by atoms with Crippen molar-refractivity contribution >= 4 is 11.0 Å². The number of hydrogen-bond donors (Lipinski definition) is 1. The Morgan fingerprint density at radius 3 is 2.83 bits per heavy atom. The Morgan fingerprint density at radius 1 is 1.22 bits per heavy atom. The summed E-state index contributed by atoms with van der Waals surface area (Å²) < 4.78 is 2.17. The first kappa shape index (κ1) is 11.7. The van der Waals surface area contributed by atoms with Crippen molar-refractivity contribution in [3.05, 3.63) is 30.1 Å². The van der Waals surface area contributed by atoms with Crippen LogP contribution in [0, 0.1) is 0 Å². The molecule has 0 spiro atoms. The molecule has 0 amide bonds. The Kier molecular flexibility index (Phi) is 3.30. The zero-order valence-electron chi connectivity index (χ0n) is 10.5. The van der Waals surface area contributed by atoms with Crippen LogP contribution in [0.15, 0.2) is 24.5 Å². The van der Waals surface area contributed by atoms with Gasteiger partial charge < -0.3 is 14.6 Å². The van der Waals surface area contributed by atoms with Gasteiger partial charge in [-0.3, -0.25) is 0 Å². The fraction of sp³-hybridized carbons (Fsp3) is 0.500. The molecule has 0 atom stereocenters. The molecule has 96 valence electrons. The number of likely N-dealkylation sites (tertiary alicyclic amines) is 1. The minimum Gasteiger partial charge on any atom is -0.392 e. The summed E-state index contributed by atoms with van der Waals surface area (Å²) in [5, 5.41) is 10.4. The fourth-order valence-corrected chi connectivity index (χ4v) is 2.75. The molecule has 0 radical (unpaired) electrons. The third kappa shape index (κ3) is 2.13. The van der Waals surface area contributed by atoms with E-state index < -0.39 is 0 Å². The standard InChI is InChI=1S/C14H19N3O/c18-11-12-10-17(9-8-16-6-1-2-7-16)14-13(12)4-3-5-15-14/h3-5,10,18H,1-2,6-9,11H2. The van der Waals surface area contributed by atoms with E-state index in [1.807, 2.05) is 24.5 Å². The van der Waals surface area contributed by atoms with Crippen molar-refractivity contribution in [1.82, 2.24) is 14.5 Å². The van der Waals surface area contributed by atoms with E-state index in [1.165, 1.54) is 25.9 Å². The summed E-state index contributed by atoms with van der Waals surface area (Å²) in [4.78, 5) is 6.92. The van der Waals surface area contributed by atoms with Crippen LogP contribution in [-0.4, -0.2) is 39.2 Å². The van der Waals surface area contributed by atoms with Crippen molar-refractivity contribution in [1.29, 1.82) is 0 Å². The first-order valence-electron chi connectivity index (χ1n) is 6.64. The van der Waals surface area contributed by atoms with E-state index in [4.69, 9.17) is 0 Å². The van der Waals surface area contributed by atoms with Gasteiger partial charge in [0, 0.05) is 36.4 Å². The predicted octanol–water partition coefficient (Wildman–Crippen LogP) is 1.62. The summed E-state index contributed by atoms with van der Waals surface area (Å²) in [7, 11) is 0. The summed E-state index contributed by atoms with van der Waals surface area (Å²) in [6.07, 6.45) is 6.50. The number of nitrogens with zero attached hydrogens (tertiary/aromatic N) is 3. The van der Waals surface area contributed by atoms with Gasteiger partial charge in [0.1, 0.15) is 5.65 Å². The van der Waals surface area contributed by atoms with Crippen LogP contribution in [0.1, 0.15) is 18.4 Å². The third-order valence-corrected chi connectivity index (χ3v) is 3.74. The lowest BCUT2D eigenvalue weighted by atomic mass is 10.2. The molecule has 1 aliphatic rings. The van der Waals surface area contributed by atoms with Crippen molar-refractivity contribution in [2.45, 2.75) is 26.0 Å². The smallest absolute Gasteiger partial charge is 0.140 e. The lowest BCUT2D eigenvalue weighted by molar-refractivity contribution is 0.282. The summed E-state index contributed by atoms with van der Waals surface area (Å²) in [5.41, 5.74) is 1.96. The molecule has 1 aliphatic heterocycles. The second-order valence-electron chi connectivity index (χ2n) is 4.93. The van der Waals surface area contributed by atoms with Gasteiger partial charge in [-0.2, -0.15) is 0 Å². The van der Waals surface area contributed by atoms with E-state index in [0.717, 1.165) is 29.7 Å². The van der Waals surface area contributed by atoms with Gasteiger partial charge in [0.25, 0.3) is 0 Å². The summed E-state index contributed by atoms with van der Waals surface area (Å²) in [6.45, 7) is 4.55. The average Bonchev–Trinajstić information content (AvgIpc) is 3.04. The van der Waals surface area contributed by atoms with Crippen LogP contribution < -0.4 is 0 Å². The van der Waals surface area contributed by atoms with Crippen molar-refractivity contribution in [2.24, 2.45) is 0 Å². The second kappa shape index (κ2) is 5.08. The van der Waals surface area contributed by atoms with Crippen LogP contribution in [0.25, 0.3) is 11.0 Å². The van der Waals surface area contributed by atoms with Gasteiger partial charge >= 0.3 is 0 Å². The molecule has 0 unspecified atom stereocenters. The summed E-state index contributed by atoms with van der Waals surface area (Å²) in [5.74, 6) is 0. The lowest BCUT2D eigenvalue weighted by Gasteiger charge is -2.14. The first-order valence-corrected chi connectivity index (χ1v) is 6.64. The molecular formula is C14H19N3O. The SMILES string of the molecule is OCc1cn(CCN2CCCC2)c2ncccc12. The highest BCUT2D eigenvalue weighted by atomic mass is 16.3. The van der Waals surface area contributed by atoms with Crippen molar-refractivity contribution in [3.8, 4) is 0 Å². The summed E-state index contributed by atoms with van der Waals surface area (Å²) in [6, 6.07) is 3.95. The van der Waals surface area contributed by atoms with Crippen LogP contribution in [-0.2, 0) is 13.2 Å². The van der Waals surface area contributed by atoms with Crippen molar-refractivity contribution in [2.75, 3.05) is 19.6 Å². The molecule has 4 heteroatoms. The number of aliphatic hydroxyl groups excluding tert-OH is 1. The van der Waals surface area contributed by atoms with Crippen LogP contribution in [0.5, 0.6) is 0 Å². The van der Waals surface area contributed by atoms with Gasteiger partial charge in [-0.25, -0.2) is 4.98 Å². The Balaban J connectivity index is 1.82. The van der Waals surface area contributed by atoms with E-state index in [9.17, 15) is 5.11 Å². The zero-order chi connectivity index (χ0) is 12.4. The summed E-state index contributed by atoms with van der Waals surface area (Å²) >= 11 is 0. The highest BCUT2D eigenvalue weighted by molar-refractivity contribution is 5.80. The Hall–Kier alpha value is -1.39. The number of aromatic nitrogens is 2. The molecule has 18 heavy (non-hydrogen) atoms. The quantitative estimate of drug-likeness (QED) is 0.890. The molecule has 1 fully saturated rings. The molecule has 0 aromatic carbocycles. The highest BCUT2D eigenvalue weighted by Gasteiger charge is 2.13. The van der Waals surface area contributed by atoms with E-state index in [2.05, 4.69) is 14.5 Å². The largest absolute Gasteiger partial charge is 0.392 e. The van der Waals surface area contributed by atoms with Gasteiger partial charge in [0.05, 0.1) is 6.61 Å². The monoisotopic (exact) mass is 245 g/mol. The number of pyridine rings is 1. The second-order valence-corrected chi connectivity index (χ2v) is 4.93. The molecule has 0 bridgehead atoms. The van der Waals surface area contributed by atoms with Gasteiger partial charge in [0.15, 0.2) is 0 Å². The van der Waals surface area contributed by atoms with Crippen LogP contribution >= 0.6 is 0 Å². The van der Waals surface area contributed by atoms with E-state index in [0.29, 0.717) is 0 Å². The number of rotatable bonds is 4. The fourth-order valence-electron chi connectivity index (χ4n) is 2.75. The molecule has 0 saturated carbocycles. The molecular weight excluding hydrogens is 226 g/mol. The van der Waals surface area contributed by atoms with E-state index in [1.54, 1.807) is 0 Å². The normalized spacial score (nSPS) is 16.7. The number of hydrogen-bond acceptors (Lipinski definition) is 3. The van der Waals surface area contributed by atoms with Gasteiger partial charge in [0.2, 0.25) is 0 Å². The van der Waals surface area contributed by atoms with Gasteiger partial charge in [-0.05, 0) is 38.1 Å². The molecule has 2 aromatic rings. The van der Waals surface area contributed by atoms with Crippen molar-refractivity contribution in [3.63, 3.8) is 0 Å². The number of fused-ring (bicyclic) bond motifs is 1. The first-order chi connectivity index (χ1) is 8.88. The predicted molar refractivity (Wildman–Crippen MR) is 71.3 cm³/mol. The van der Waals surface area contributed by atoms with Crippen molar-refractivity contribution < 1.29 is 5.11 Å². The molecule has 4 nitrogen and oxygen atoms in total. The van der Waals surface area contributed by atoms with Crippen LogP contribution in [0.2, 0.25) is 0 Å². The van der Waals surface area contributed by atoms with E-state index >= 15 is 0 Å². The maximum Gasteiger partial charge on any atom is 0.140 e. The minimum atomic E-state index is 0.0822. The zero-order valence-corrected chi connectivity index (χ0v) is 10.5. The highest BCUT2D eigenvalue weighted by Crippen LogP contribution is 2.19. The maximum absolute atomic E-state index is 9.38. The van der Waals surface area contributed by atoms with Crippen LogP contribution in [0.3, 0.4) is 0 Å². The molecule has 0 aliphatic carbocycles. The molecule has 3 heterocycles. The molecule has 2 aromatic heterocycles. The van der Waals surface area contributed by atoms with Gasteiger partial charge in [-0.15, -0.1) is 0 Å². The Labute approximate surface area is 107 Å². The molecule has 3 rings (SSSR count). The maximum atomic E-state index is 9.38. The Morgan fingerprint density at radius 2 is 2.06 bits per heavy atom. The minimum absolute atomic E-state index is 0.0822. The molecule has 1 N–H and O–H groups in total. The van der Waals surface area contributed by atoms with Crippen LogP contribution in [0.4, 0.5) is 0 Å².